The van der Waals surface area contributed by atoms with Gasteiger partial charge in [0.1, 0.15) is 12.9 Å². The average molecular weight is 439 g/mol. The van der Waals surface area contributed by atoms with E-state index in [-0.39, 0.29) is 24.0 Å². The number of hydrogen-bond donors (Lipinski definition) is 2. The van der Waals surface area contributed by atoms with E-state index >= 15 is 0 Å². The van der Waals surface area contributed by atoms with E-state index in [1.807, 2.05) is 67.6 Å². The first kappa shape index (κ1) is 20.5. The maximum absolute atomic E-state index is 12.8. The van der Waals surface area contributed by atoms with Gasteiger partial charge in [-0.05, 0) is 40.8 Å². The zero-order valence-electron chi connectivity index (χ0n) is 17.9. The number of nitrogens with zero attached hydrogens (tertiary/aromatic N) is 2. The predicted molar refractivity (Wildman–Crippen MR) is 124 cm³/mol. The van der Waals surface area contributed by atoms with Gasteiger partial charge in [-0.15, -0.1) is 0 Å². The second kappa shape index (κ2) is 8.27. The van der Waals surface area contributed by atoms with E-state index in [2.05, 4.69) is 22.4 Å². The number of aromatic carboxylic acids is 1. The number of carbonyl (C=O) groups is 2. The fraction of sp³-hybridized carbons (Fsp3) is 0.115. The van der Waals surface area contributed by atoms with Gasteiger partial charge in [0.05, 0.1) is 5.69 Å². The number of imidazole rings is 1. The van der Waals surface area contributed by atoms with Crippen LogP contribution in [0.15, 0.2) is 79.1 Å². The molecule has 7 nitrogen and oxygen atoms in total. The van der Waals surface area contributed by atoms with Gasteiger partial charge in [0.25, 0.3) is 0 Å². The molecule has 1 aliphatic rings. The molecule has 1 aromatic heterocycles. The molecular formula is C26H21N3O4. The van der Waals surface area contributed by atoms with Gasteiger partial charge in [-0.25, -0.2) is 14.6 Å². The Morgan fingerprint density at radius 2 is 1.58 bits per heavy atom. The fourth-order valence-electron chi connectivity index (χ4n) is 4.37. The van der Waals surface area contributed by atoms with Gasteiger partial charge in [-0.1, -0.05) is 66.7 Å². The van der Waals surface area contributed by atoms with Crippen molar-refractivity contribution in [2.45, 2.75) is 12.8 Å². The van der Waals surface area contributed by atoms with E-state index in [1.54, 1.807) is 4.57 Å². The van der Waals surface area contributed by atoms with Crippen LogP contribution >= 0.6 is 0 Å². The number of aromatic nitrogens is 2. The van der Waals surface area contributed by atoms with Crippen LogP contribution in [-0.4, -0.2) is 33.3 Å². The molecule has 0 saturated carbocycles. The number of rotatable bonds is 5. The molecular weight excluding hydrogens is 418 g/mol. The van der Waals surface area contributed by atoms with E-state index in [0.717, 1.165) is 27.8 Å². The van der Waals surface area contributed by atoms with Crippen LogP contribution in [-0.2, 0) is 4.74 Å². The minimum Gasteiger partial charge on any atom is -0.476 e. The molecule has 0 fully saturated rings. The highest BCUT2D eigenvalue weighted by Gasteiger charge is 2.29. The standard InChI is InChI=1S/C26H21N3O4/c1-16-8-2-7-13-22(16)29-15-27-23(25(30)31)24(29)28-26(32)33-14-21-19-11-5-3-9-17(19)18-10-4-6-12-20(18)21/h2-13,15,21H,14H2,1H3,(H,28,32)(H,30,31). The number of hydrogen-bond acceptors (Lipinski definition) is 4. The van der Waals surface area contributed by atoms with Gasteiger partial charge in [0.2, 0.25) is 0 Å². The summed E-state index contributed by atoms with van der Waals surface area (Å²) < 4.78 is 7.13. The Bertz CT molecular complexity index is 1330. The van der Waals surface area contributed by atoms with Crippen LogP contribution in [0.2, 0.25) is 0 Å². The Morgan fingerprint density at radius 1 is 0.970 bits per heavy atom. The Morgan fingerprint density at radius 3 is 2.21 bits per heavy atom. The van der Waals surface area contributed by atoms with Crippen molar-refractivity contribution in [3.05, 3.63) is 102 Å². The summed E-state index contributed by atoms with van der Waals surface area (Å²) in [6.07, 6.45) is 0.639. The van der Waals surface area contributed by atoms with Crippen LogP contribution < -0.4 is 5.32 Å². The summed E-state index contributed by atoms with van der Waals surface area (Å²) in [4.78, 5) is 28.4. The molecule has 0 bridgehead atoms. The van der Waals surface area contributed by atoms with Crippen molar-refractivity contribution in [3.8, 4) is 16.8 Å². The third-order valence-electron chi connectivity index (χ3n) is 5.91. The number of carboxylic acid groups (broad SMARTS) is 1. The first-order valence-electron chi connectivity index (χ1n) is 10.5. The number of fused-ring (bicyclic) bond motifs is 3. The SMILES string of the molecule is Cc1ccccc1-n1cnc(C(=O)O)c1NC(=O)OCC1c2ccccc2-c2ccccc21. The molecule has 164 valence electrons. The first-order chi connectivity index (χ1) is 16.0. The topological polar surface area (TPSA) is 93.5 Å². The summed E-state index contributed by atoms with van der Waals surface area (Å²) in [6.45, 7) is 2.02. The fourth-order valence-corrected chi connectivity index (χ4v) is 4.37. The number of benzene rings is 3. The quantitative estimate of drug-likeness (QED) is 0.444. The van der Waals surface area contributed by atoms with Crippen LogP contribution in [0.25, 0.3) is 16.8 Å². The number of ether oxygens (including phenoxy) is 1. The normalized spacial score (nSPS) is 12.2. The van der Waals surface area contributed by atoms with Crippen molar-refractivity contribution in [1.82, 2.24) is 9.55 Å². The van der Waals surface area contributed by atoms with Crippen LogP contribution in [0.4, 0.5) is 10.6 Å². The number of carbonyl (C=O) groups excluding carboxylic acids is 1. The smallest absolute Gasteiger partial charge is 0.412 e. The van der Waals surface area contributed by atoms with Crippen molar-refractivity contribution < 1.29 is 19.4 Å². The number of aryl methyl sites for hydroxylation is 1. The van der Waals surface area contributed by atoms with Crippen LogP contribution in [0.5, 0.6) is 0 Å². The van der Waals surface area contributed by atoms with Crippen molar-refractivity contribution in [2.24, 2.45) is 0 Å². The molecule has 0 atom stereocenters. The molecule has 0 radical (unpaired) electrons. The molecule has 1 amide bonds. The molecule has 2 N–H and O–H groups in total. The van der Waals surface area contributed by atoms with Crippen molar-refractivity contribution in [3.63, 3.8) is 0 Å². The minimum atomic E-state index is -1.24. The molecule has 0 aliphatic heterocycles. The Balaban J connectivity index is 1.39. The molecule has 33 heavy (non-hydrogen) atoms. The summed E-state index contributed by atoms with van der Waals surface area (Å²) in [5.74, 6) is -1.28. The molecule has 3 aromatic carbocycles. The lowest BCUT2D eigenvalue weighted by molar-refractivity contribution is 0.0692. The summed E-state index contributed by atoms with van der Waals surface area (Å²) in [7, 11) is 0. The highest BCUT2D eigenvalue weighted by molar-refractivity contribution is 5.96. The van der Waals surface area contributed by atoms with Crippen LogP contribution in [0, 0.1) is 6.92 Å². The van der Waals surface area contributed by atoms with Gasteiger partial charge in [-0.3, -0.25) is 9.88 Å². The van der Waals surface area contributed by atoms with E-state index in [0.29, 0.717) is 5.69 Å². The third kappa shape index (κ3) is 3.63. The van der Waals surface area contributed by atoms with Gasteiger partial charge in [0.15, 0.2) is 11.5 Å². The van der Waals surface area contributed by atoms with Crippen molar-refractivity contribution in [1.29, 1.82) is 0 Å². The number of amides is 1. The highest BCUT2D eigenvalue weighted by atomic mass is 16.5. The third-order valence-corrected chi connectivity index (χ3v) is 5.91. The number of para-hydroxylation sites is 1. The van der Waals surface area contributed by atoms with Crippen molar-refractivity contribution >= 4 is 17.9 Å². The maximum atomic E-state index is 12.8. The summed E-state index contributed by atoms with van der Waals surface area (Å²) in [5.41, 5.74) is 5.83. The van der Waals surface area contributed by atoms with Gasteiger partial charge in [-0.2, -0.15) is 0 Å². The molecule has 7 heteroatoms. The van der Waals surface area contributed by atoms with Crippen LogP contribution in [0.3, 0.4) is 0 Å². The van der Waals surface area contributed by atoms with E-state index in [1.165, 1.54) is 6.33 Å². The Kier molecular flexibility index (Phi) is 5.14. The van der Waals surface area contributed by atoms with E-state index in [9.17, 15) is 14.7 Å². The predicted octanol–water partition coefficient (Wildman–Crippen LogP) is 5.24. The van der Waals surface area contributed by atoms with Gasteiger partial charge < -0.3 is 9.84 Å². The minimum absolute atomic E-state index is 0.0500. The van der Waals surface area contributed by atoms with E-state index < -0.39 is 12.1 Å². The lowest BCUT2D eigenvalue weighted by atomic mass is 9.98. The summed E-state index contributed by atoms with van der Waals surface area (Å²) in [5, 5.41) is 12.2. The Labute approximate surface area is 190 Å². The number of anilines is 1. The van der Waals surface area contributed by atoms with Crippen molar-refractivity contribution in [2.75, 3.05) is 11.9 Å². The average Bonchev–Trinajstić information content (AvgIpc) is 3.37. The molecule has 4 aromatic rings. The molecule has 0 unspecified atom stereocenters. The van der Waals surface area contributed by atoms with Gasteiger partial charge >= 0.3 is 12.1 Å². The Hall–Kier alpha value is -4.39. The largest absolute Gasteiger partial charge is 0.476 e. The lowest BCUT2D eigenvalue weighted by Gasteiger charge is -2.16. The second-order valence-electron chi connectivity index (χ2n) is 7.85. The molecule has 0 saturated heterocycles. The zero-order valence-corrected chi connectivity index (χ0v) is 17.9. The van der Waals surface area contributed by atoms with Gasteiger partial charge in [0, 0.05) is 5.92 Å². The lowest BCUT2D eigenvalue weighted by Crippen LogP contribution is -2.21. The number of nitrogens with one attached hydrogen (secondary N) is 1. The molecule has 1 heterocycles. The zero-order chi connectivity index (χ0) is 22.9. The summed E-state index contributed by atoms with van der Waals surface area (Å²) in [6, 6.07) is 23.6. The highest BCUT2D eigenvalue weighted by Crippen LogP contribution is 2.44. The second-order valence-corrected chi connectivity index (χ2v) is 7.85. The van der Waals surface area contributed by atoms with Crippen LogP contribution in [0.1, 0.15) is 33.1 Å². The van der Waals surface area contributed by atoms with E-state index in [4.69, 9.17) is 4.74 Å². The molecule has 1 aliphatic carbocycles. The molecule has 5 rings (SSSR count). The number of carboxylic acids is 1. The molecule has 0 spiro atoms. The summed E-state index contributed by atoms with van der Waals surface area (Å²) >= 11 is 0. The monoisotopic (exact) mass is 439 g/mol. The first-order valence-corrected chi connectivity index (χ1v) is 10.5. The maximum Gasteiger partial charge on any atom is 0.412 e.